The second kappa shape index (κ2) is 5.05. The molecular formula is C12H12FN3S. The highest BCUT2D eigenvalue weighted by Gasteiger charge is 2.05. The van der Waals surface area contributed by atoms with Crippen LogP contribution in [0.2, 0.25) is 0 Å². The summed E-state index contributed by atoms with van der Waals surface area (Å²) in [6, 6.07) is 6.06. The van der Waals surface area contributed by atoms with Crippen molar-refractivity contribution in [3.05, 3.63) is 48.3 Å². The summed E-state index contributed by atoms with van der Waals surface area (Å²) in [4.78, 5) is 4.19. The number of aromatic nitrogens is 2. The molecule has 1 aromatic heterocycles. The van der Waals surface area contributed by atoms with Crippen molar-refractivity contribution in [2.75, 3.05) is 5.32 Å². The molecule has 0 aliphatic rings. The van der Waals surface area contributed by atoms with E-state index in [1.807, 2.05) is 6.92 Å². The number of nitrogens with zero attached hydrogens (tertiary/aromatic N) is 2. The number of nitrogens with one attached hydrogen (secondary N) is 1. The van der Waals surface area contributed by atoms with Gasteiger partial charge in [-0.15, -0.1) is 0 Å². The summed E-state index contributed by atoms with van der Waals surface area (Å²) in [6.45, 7) is 2.01. The molecule has 1 aromatic carbocycles. The standard InChI is InChI=1S/C12H12FN3S/c1-2-11-14-7-8-16(11)12(17)15-10-5-3-9(13)4-6-10/h3-8H,2H2,1H3,(H,15,17). The van der Waals surface area contributed by atoms with Crippen LogP contribution in [0.3, 0.4) is 0 Å². The largest absolute Gasteiger partial charge is 0.332 e. The molecular weight excluding hydrogens is 237 g/mol. The zero-order valence-electron chi connectivity index (χ0n) is 9.35. The van der Waals surface area contributed by atoms with Crippen LogP contribution in [0.5, 0.6) is 0 Å². The zero-order chi connectivity index (χ0) is 12.3. The van der Waals surface area contributed by atoms with E-state index in [9.17, 15) is 4.39 Å². The van der Waals surface area contributed by atoms with E-state index < -0.39 is 0 Å². The fourth-order valence-corrected chi connectivity index (χ4v) is 1.78. The summed E-state index contributed by atoms with van der Waals surface area (Å²) in [5.74, 6) is 0.628. The van der Waals surface area contributed by atoms with Crippen molar-refractivity contribution in [2.24, 2.45) is 0 Å². The number of hydrogen-bond donors (Lipinski definition) is 1. The van der Waals surface area contributed by atoms with Gasteiger partial charge in [-0.25, -0.2) is 9.37 Å². The monoisotopic (exact) mass is 249 g/mol. The lowest BCUT2D eigenvalue weighted by atomic mass is 10.3. The van der Waals surface area contributed by atoms with Crippen LogP contribution in [0.15, 0.2) is 36.7 Å². The lowest BCUT2D eigenvalue weighted by molar-refractivity contribution is 0.628. The average molecular weight is 249 g/mol. The molecule has 0 aliphatic heterocycles. The van der Waals surface area contributed by atoms with E-state index in [-0.39, 0.29) is 5.82 Å². The van der Waals surface area contributed by atoms with Crippen LogP contribution in [0.1, 0.15) is 12.7 Å². The molecule has 0 spiro atoms. The second-order valence-electron chi connectivity index (χ2n) is 3.50. The Labute approximate surface area is 104 Å². The molecule has 2 aromatic rings. The van der Waals surface area contributed by atoms with Crippen LogP contribution in [-0.4, -0.2) is 14.7 Å². The van der Waals surface area contributed by atoms with Gasteiger partial charge in [0.05, 0.1) is 0 Å². The first-order valence-corrected chi connectivity index (χ1v) is 5.70. The predicted octanol–water partition coefficient (Wildman–Crippen LogP) is 2.83. The molecule has 0 saturated carbocycles. The summed E-state index contributed by atoms with van der Waals surface area (Å²) in [5, 5.41) is 3.57. The van der Waals surface area contributed by atoms with E-state index in [1.165, 1.54) is 12.1 Å². The Kier molecular flexibility index (Phi) is 3.49. The maximum Gasteiger partial charge on any atom is 0.183 e. The van der Waals surface area contributed by atoms with Crippen LogP contribution < -0.4 is 5.32 Å². The fourth-order valence-electron chi connectivity index (χ4n) is 1.50. The highest BCUT2D eigenvalue weighted by molar-refractivity contribution is 7.80. The van der Waals surface area contributed by atoms with Gasteiger partial charge in [0.1, 0.15) is 11.6 Å². The minimum absolute atomic E-state index is 0.265. The Morgan fingerprint density at radius 3 is 2.76 bits per heavy atom. The first-order chi connectivity index (χ1) is 8.20. The van der Waals surface area contributed by atoms with Crippen molar-refractivity contribution in [1.82, 2.24) is 9.55 Å². The van der Waals surface area contributed by atoms with Crippen LogP contribution in [0.25, 0.3) is 0 Å². The minimum atomic E-state index is -0.265. The van der Waals surface area contributed by atoms with Gasteiger partial charge in [0.2, 0.25) is 0 Å². The minimum Gasteiger partial charge on any atom is -0.332 e. The number of anilines is 1. The molecule has 0 aliphatic carbocycles. The fraction of sp³-hybridized carbons (Fsp3) is 0.167. The first kappa shape index (κ1) is 11.7. The summed E-state index contributed by atoms with van der Waals surface area (Å²) >= 11 is 5.26. The molecule has 0 bridgehead atoms. The number of halogens is 1. The smallest absolute Gasteiger partial charge is 0.183 e. The normalized spacial score (nSPS) is 10.2. The molecule has 1 N–H and O–H groups in total. The summed E-state index contributed by atoms with van der Waals surface area (Å²) in [5.41, 5.74) is 0.757. The third kappa shape index (κ3) is 2.68. The van der Waals surface area contributed by atoms with Crippen molar-refractivity contribution in [3.63, 3.8) is 0 Å². The first-order valence-electron chi connectivity index (χ1n) is 5.30. The quantitative estimate of drug-likeness (QED) is 0.830. The summed E-state index contributed by atoms with van der Waals surface area (Å²) in [6.07, 6.45) is 4.31. The van der Waals surface area contributed by atoms with Crippen LogP contribution in [-0.2, 0) is 6.42 Å². The van der Waals surface area contributed by atoms with E-state index in [2.05, 4.69) is 10.3 Å². The Hall–Kier alpha value is -1.75. The Morgan fingerprint density at radius 2 is 2.12 bits per heavy atom. The van der Waals surface area contributed by atoms with Gasteiger partial charge in [-0.3, -0.25) is 4.57 Å². The number of imidazole rings is 1. The van der Waals surface area contributed by atoms with E-state index in [0.29, 0.717) is 5.11 Å². The lowest BCUT2D eigenvalue weighted by Crippen LogP contribution is -2.20. The maximum absolute atomic E-state index is 12.7. The molecule has 0 saturated heterocycles. The molecule has 0 atom stereocenters. The molecule has 17 heavy (non-hydrogen) atoms. The van der Waals surface area contributed by atoms with E-state index >= 15 is 0 Å². The molecule has 0 unspecified atom stereocenters. The molecule has 0 amide bonds. The molecule has 2 rings (SSSR count). The third-order valence-electron chi connectivity index (χ3n) is 2.35. The van der Waals surface area contributed by atoms with Crippen molar-refractivity contribution in [1.29, 1.82) is 0 Å². The van der Waals surface area contributed by atoms with Gasteiger partial charge in [-0.05, 0) is 36.5 Å². The average Bonchev–Trinajstić information content (AvgIpc) is 2.80. The SMILES string of the molecule is CCc1nccn1C(=S)Nc1ccc(F)cc1. The Morgan fingerprint density at radius 1 is 1.41 bits per heavy atom. The third-order valence-corrected chi connectivity index (χ3v) is 2.65. The molecule has 0 radical (unpaired) electrons. The number of benzene rings is 1. The summed E-state index contributed by atoms with van der Waals surface area (Å²) in [7, 11) is 0. The van der Waals surface area contributed by atoms with Crippen LogP contribution in [0, 0.1) is 5.82 Å². The van der Waals surface area contributed by atoms with Crippen LogP contribution in [0.4, 0.5) is 10.1 Å². The van der Waals surface area contributed by atoms with E-state index in [1.54, 1.807) is 29.1 Å². The molecule has 88 valence electrons. The number of rotatable bonds is 2. The van der Waals surface area contributed by atoms with Crippen molar-refractivity contribution >= 4 is 23.0 Å². The molecule has 3 nitrogen and oxygen atoms in total. The van der Waals surface area contributed by atoms with Gasteiger partial charge in [0.25, 0.3) is 0 Å². The number of thiocarbonyl (C=S) groups is 1. The maximum atomic E-state index is 12.7. The number of hydrogen-bond acceptors (Lipinski definition) is 2. The Balaban J connectivity index is 2.14. The molecule has 5 heteroatoms. The van der Waals surface area contributed by atoms with Gasteiger partial charge in [-0.2, -0.15) is 0 Å². The molecule has 1 heterocycles. The predicted molar refractivity (Wildman–Crippen MR) is 69.6 cm³/mol. The van der Waals surface area contributed by atoms with Crippen molar-refractivity contribution in [3.8, 4) is 0 Å². The Bertz CT molecular complexity index is 519. The van der Waals surface area contributed by atoms with E-state index in [4.69, 9.17) is 12.2 Å². The van der Waals surface area contributed by atoms with Gasteiger partial charge in [-0.1, -0.05) is 6.92 Å². The molecule has 0 fully saturated rings. The topological polar surface area (TPSA) is 29.9 Å². The highest BCUT2D eigenvalue weighted by Crippen LogP contribution is 2.09. The number of aryl methyl sites for hydroxylation is 1. The zero-order valence-corrected chi connectivity index (χ0v) is 10.2. The van der Waals surface area contributed by atoms with Gasteiger partial charge in [0, 0.05) is 24.5 Å². The van der Waals surface area contributed by atoms with Gasteiger partial charge < -0.3 is 5.32 Å². The lowest BCUT2D eigenvalue weighted by Gasteiger charge is -2.10. The van der Waals surface area contributed by atoms with Gasteiger partial charge in [0.15, 0.2) is 5.11 Å². The second-order valence-corrected chi connectivity index (χ2v) is 3.89. The van der Waals surface area contributed by atoms with Crippen LogP contribution >= 0.6 is 12.2 Å². The van der Waals surface area contributed by atoms with Crippen molar-refractivity contribution < 1.29 is 4.39 Å². The summed E-state index contributed by atoms with van der Waals surface area (Å²) < 4.78 is 14.5. The van der Waals surface area contributed by atoms with Gasteiger partial charge >= 0.3 is 0 Å². The van der Waals surface area contributed by atoms with Crippen molar-refractivity contribution in [2.45, 2.75) is 13.3 Å². The van der Waals surface area contributed by atoms with E-state index in [0.717, 1.165) is 17.9 Å². The highest BCUT2D eigenvalue weighted by atomic mass is 32.1.